The molecule has 0 spiro atoms. The summed E-state index contributed by atoms with van der Waals surface area (Å²) >= 11 is 1.34. The Morgan fingerprint density at radius 2 is 2.00 bits per heavy atom. The first-order valence-electron chi connectivity index (χ1n) is 8.85. The van der Waals surface area contributed by atoms with E-state index in [2.05, 4.69) is 24.0 Å². The predicted octanol–water partition coefficient (Wildman–Crippen LogP) is 4.32. The summed E-state index contributed by atoms with van der Waals surface area (Å²) < 4.78 is 5.76. The van der Waals surface area contributed by atoms with E-state index in [1.165, 1.54) is 18.2 Å². The maximum atomic E-state index is 12.9. The van der Waals surface area contributed by atoms with Crippen LogP contribution in [0.3, 0.4) is 0 Å². The van der Waals surface area contributed by atoms with Crippen molar-refractivity contribution in [1.29, 1.82) is 0 Å². The maximum absolute atomic E-state index is 12.9. The molecule has 134 valence electrons. The monoisotopic (exact) mass is 359 g/mol. The van der Waals surface area contributed by atoms with Crippen LogP contribution in [0, 0.1) is 6.92 Å². The normalized spacial score (nSPS) is 22.0. The van der Waals surface area contributed by atoms with E-state index in [9.17, 15) is 4.79 Å². The second-order valence-corrected chi connectivity index (χ2v) is 8.17. The lowest BCUT2D eigenvalue weighted by atomic mass is 9.97. The topological polar surface area (TPSA) is 59.2 Å². The van der Waals surface area contributed by atoms with Gasteiger partial charge < -0.3 is 9.32 Å². The van der Waals surface area contributed by atoms with E-state index in [-0.39, 0.29) is 11.2 Å². The number of aryl methyl sites for hydroxylation is 1. The third kappa shape index (κ3) is 4.06. The first kappa shape index (κ1) is 18.0. The van der Waals surface area contributed by atoms with Crippen molar-refractivity contribution < 1.29 is 9.21 Å². The molecule has 5 nitrogen and oxygen atoms in total. The van der Waals surface area contributed by atoms with Gasteiger partial charge >= 0.3 is 0 Å². The molecule has 1 amide bonds. The number of amides is 1. The fourth-order valence-electron chi connectivity index (χ4n) is 3.42. The van der Waals surface area contributed by atoms with E-state index in [0.717, 1.165) is 24.0 Å². The minimum absolute atomic E-state index is 0.153. The molecule has 0 bridgehead atoms. The van der Waals surface area contributed by atoms with Crippen molar-refractivity contribution in [2.24, 2.45) is 0 Å². The third-order valence-corrected chi connectivity index (χ3v) is 5.67. The Bertz CT molecular complexity index is 736. The van der Waals surface area contributed by atoms with Gasteiger partial charge in [0.05, 0.1) is 5.25 Å². The van der Waals surface area contributed by atoms with E-state index in [1.807, 2.05) is 43.0 Å². The zero-order valence-corrected chi connectivity index (χ0v) is 16.0. The molecule has 0 N–H and O–H groups in total. The van der Waals surface area contributed by atoms with Crippen LogP contribution in [0.25, 0.3) is 11.5 Å². The lowest BCUT2D eigenvalue weighted by Crippen LogP contribution is -2.50. The number of thioether (sulfide) groups is 1. The van der Waals surface area contributed by atoms with Crippen molar-refractivity contribution in [2.75, 3.05) is 0 Å². The van der Waals surface area contributed by atoms with Crippen LogP contribution in [0.2, 0.25) is 0 Å². The van der Waals surface area contributed by atoms with Gasteiger partial charge in [-0.2, -0.15) is 0 Å². The molecular weight excluding hydrogens is 334 g/mol. The van der Waals surface area contributed by atoms with Crippen molar-refractivity contribution in [2.45, 2.75) is 69.5 Å². The standard InChI is InChI=1S/C19H25N3O2S/c1-12-7-5-10-16(11-12)17-20-21-19(24-17)25-15(4)18(23)22-13(2)8-6-9-14(22)3/h5,7,10-11,13-15H,6,8-9H2,1-4H3/t13-,14-,15-/m0/s1. The van der Waals surface area contributed by atoms with Crippen LogP contribution in [0.15, 0.2) is 33.9 Å². The molecule has 1 aromatic heterocycles. The number of piperidine rings is 1. The van der Waals surface area contributed by atoms with Crippen molar-refractivity contribution in [3.05, 3.63) is 29.8 Å². The molecule has 0 aliphatic carbocycles. The van der Waals surface area contributed by atoms with E-state index >= 15 is 0 Å². The number of benzene rings is 1. The fourth-order valence-corrected chi connectivity index (χ4v) is 4.16. The molecule has 1 fully saturated rings. The SMILES string of the molecule is Cc1cccc(-c2nnc(S[C@@H](C)C(=O)N3[C@@H](C)CCC[C@@H]3C)o2)c1. The minimum atomic E-state index is -0.242. The van der Waals surface area contributed by atoms with Gasteiger partial charge in [-0.25, -0.2) is 0 Å². The highest BCUT2D eigenvalue weighted by atomic mass is 32.2. The van der Waals surface area contributed by atoms with Gasteiger partial charge in [0.25, 0.3) is 5.22 Å². The number of aromatic nitrogens is 2. The summed E-state index contributed by atoms with van der Waals surface area (Å²) in [6, 6.07) is 8.54. The number of hydrogen-bond acceptors (Lipinski definition) is 5. The van der Waals surface area contributed by atoms with Crippen LogP contribution in [0.1, 0.15) is 45.6 Å². The van der Waals surface area contributed by atoms with Gasteiger partial charge in [0.2, 0.25) is 11.8 Å². The summed E-state index contributed by atoms with van der Waals surface area (Å²) in [5, 5.41) is 8.42. The van der Waals surface area contributed by atoms with E-state index < -0.39 is 0 Å². The maximum Gasteiger partial charge on any atom is 0.277 e. The number of carbonyl (C=O) groups excluding carboxylic acids is 1. The summed E-state index contributed by atoms with van der Waals surface area (Å²) in [4.78, 5) is 14.9. The molecule has 6 heteroatoms. The number of hydrogen-bond donors (Lipinski definition) is 0. The summed E-state index contributed by atoms with van der Waals surface area (Å²) in [5.74, 6) is 0.644. The molecule has 1 aliphatic heterocycles. The molecule has 3 atom stereocenters. The molecule has 0 radical (unpaired) electrons. The van der Waals surface area contributed by atoms with Crippen molar-refractivity contribution >= 4 is 17.7 Å². The van der Waals surface area contributed by atoms with Crippen LogP contribution < -0.4 is 0 Å². The molecule has 0 saturated carbocycles. The van der Waals surface area contributed by atoms with E-state index in [4.69, 9.17) is 4.42 Å². The van der Waals surface area contributed by atoms with Crippen LogP contribution in [0.4, 0.5) is 0 Å². The molecule has 25 heavy (non-hydrogen) atoms. The van der Waals surface area contributed by atoms with Crippen molar-refractivity contribution in [3.63, 3.8) is 0 Å². The van der Waals surface area contributed by atoms with Gasteiger partial charge in [-0.05, 0) is 59.1 Å². The third-order valence-electron chi connectivity index (χ3n) is 4.74. The smallest absolute Gasteiger partial charge is 0.277 e. The molecular formula is C19H25N3O2S. The molecule has 3 rings (SSSR count). The minimum Gasteiger partial charge on any atom is -0.411 e. The molecule has 2 heterocycles. The summed E-state index contributed by atoms with van der Waals surface area (Å²) in [7, 11) is 0. The molecule has 1 aromatic carbocycles. The Hall–Kier alpha value is -1.82. The predicted molar refractivity (Wildman–Crippen MR) is 99.4 cm³/mol. The van der Waals surface area contributed by atoms with Gasteiger partial charge in [-0.15, -0.1) is 10.2 Å². The summed E-state index contributed by atoms with van der Waals surface area (Å²) in [6.07, 6.45) is 3.34. The zero-order chi connectivity index (χ0) is 18.0. The molecule has 1 aliphatic rings. The van der Waals surface area contributed by atoms with Crippen LogP contribution in [-0.2, 0) is 4.79 Å². The number of nitrogens with zero attached hydrogens (tertiary/aromatic N) is 3. The highest BCUT2D eigenvalue weighted by Gasteiger charge is 2.32. The number of carbonyl (C=O) groups is 1. The van der Waals surface area contributed by atoms with Crippen molar-refractivity contribution in [3.8, 4) is 11.5 Å². The first-order chi connectivity index (χ1) is 12.0. The Morgan fingerprint density at radius 3 is 2.68 bits per heavy atom. The lowest BCUT2D eigenvalue weighted by molar-refractivity contribution is -0.136. The van der Waals surface area contributed by atoms with E-state index in [1.54, 1.807) is 0 Å². The summed E-state index contributed by atoms with van der Waals surface area (Å²) in [5.41, 5.74) is 2.04. The highest BCUT2D eigenvalue weighted by molar-refractivity contribution is 8.00. The second-order valence-electron chi connectivity index (χ2n) is 6.88. The lowest BCUT2D eigenvalue weighted by Gasteiger charge is -2.40. The molecule has 2 aromatic rings. The van der Waals surface area contributed by atoms with Crippen LogP contribution >= 0.6 is 11.8 Å². The summed E-state index contributed by atoms with van der Waals surface area (Å²) in [6.45, 7) is 8.20. The Morgan fingerprint density at radius 1 is 1.28 bits per heavy atom. The van der Waals surface area contributed by atoms with Gasteiger partial charge in [-0.3, -0.25) is 4.79 Å². The highest BCUT2D eigenvalue weighted by Crippen LogP contribution is 2.30. The Labute approximate surface area is 153 Å². The van der Waals surface area contributed by atoms with Crippen LogP contribution in [0.5, 0.6) is 0 Å². The Balaban J connectivity index is 1.69. The molecule has 1 saturated heterocycles. The second kappa shape index (κ2) is 7.60. The fraction of sp³-hybridized carbons (Fsp3) is 0.526. The van der Waals surface area contributed by atoms with Gasteiger partial charge in [0.15, 0.2) is 0 Å². The van der Waals surface area contributed by atoms with Crippen molar-refractivity contribution in [1.82, 2.24) is 15.1 Å². The van der Waals surface area contributed by atoms with Gasteiger partial charge in [-0.1, -0.05) is 29.5 Å². The van der Waals surface area contributed by atoms with Crippen LogP contribution in [-0.4, -0.2) is 38.3 Å². The Kier molecular flexibility index (Phi) is 5.47. The van der Waals surface area contributed by atoms with Gasteiger partial charge in [0, 0.05) is 17.6 Å². The first-order valence-corrected chi connectivity index (χ1v) is 9.73. The average Bonchev–Trinajstić information content (AvgIpc) is 3.03. The quantitative estimate of drug-likeness (QED) is 0.761. The number of likely N-dealkylation sites (tertiary alicyclic amines) is 1. The van der Waals surface area contributed by atoms with E-state index in [0.29, 0.717) is 23.2 Å². The zero-order valence-electron chi connectivity index (χ0n) is 15.2. The van der Waals surface area contributed by atoms with Gasteiger partial charge in [0.1, 0.15) is 0 Å². The average molecular weight is 359 g/mol. The largest absolute Gasteiger partial charge is 0.411 e. The number of rotatable bonds is 4. The molecule has 0 unspecified atom stereocenters.